The summed E-state index contributed by atoms with van der Waals surface area (Å²) in [5, 5.41) is 4.38. The van der Waals surface area contributed by atoms with Crippen molar-refractivity contribution in [1.82, 2.24) is 9.97 Å². The molecule has 1 aromatic carbocycles. The summed E-state index contributed by atoms with van der Waals surface area (Å²) < 4.78 is 0. The Labute approximate surface area is 123 Å². The summed E-state index contributed by atoms with van der Waals surface area (Å²) in [5.74, 6) is 0.836. The molecule has 19 heavy (non-hydrogen) atoms. The largest absolute Gasteiger partial charge is 0.373 e. The van der Waals surface area contributed by atoms with Crippen molar-refractivity contribution in [2.45, 2.75) is 19.8 Å². The van der Waals surface area contributed by atoms with E-state index in [4.69, 9.17) is 23.2 Å². The first-order chi connectivity index (χ1) is 9.17. The van der Waals surface area contributed by atoms with E-state index in [9.17, 15) is 0 Å². The molecule has 1 aromatic heterocycles. The van der Waals surface area contributed by atoms with Crippen molar-refractivity contribution < 1.29 is 0 Å². The molecule has 1 heterocycles. The van der Waals surface area contributed by atoms with Gasteiger partial charge in [0.25, 0.3) is 0 Å². The molecule has 2 aromatic rings. The standard InChI is InChI=1S/C14H15Cl2N3/c1-3-4-10-13(18-8-19-14(10)17-2)11-7-9(15)5-6-12(11)16/h5-8H,3-4H2,1-2H3,(H,17,18,19). The predicted octanol–water partition coefficient (Wildman–Crippen LogP) is 4.44. The average Bonchev–Trinajstić information content (AvgIpc) is 2.42. The molecule has 2 rings (SSSR count). The van der Waals surface area contributed by atoms with Gasteiger partial charge < -0.3 is 5.32 Å². The Hall–Kier alpha value is -1.32. The van der Waals surface area contributed by atoms with Crippen LogP contribution in [0.15, 0.2) is 24.5 Å². The molecule has 0 atom stereocenters. The van der Waals surface area contributed by atoms with E-state index in [-0.39, 0.29) is 0 Å². The molecule has 100 valence electrons. The summed E-state index contributed by atoms with van der Waals surface area (Å²) in [4.78, 5) is 8.64. The summed E-state index contributed by atoms with van der Waals surface area (Å²) in [6.07, 6.45) is 3.43. The Balaban J connectivity index is 2.63. The van der Waals surface area contributed by atoms with Crippen LogP contribution >= 0.6 is 23.2 Å². The van der Waals surface area contributed by atoms with Gasteiger partial charge in [0.2, 0.25) is 0 Å². The van der Waals surface area contributed by atoms with Crippen LogP contribution < -0.4 is 5.32 Å². The average molecular weight is 296 g/mol. The Morgan fingerprint density at radius 3 is 2.68 bits per heavy atom. The van der Waals surface area contributed by atoms with E-state index >= 15 is 0 Å². The molecule has 5 heteroatoms. The van der Waals surface area contributed by atoms with Crippen molar-refractivity contribution in [3.05, 3.63) is 40.1 Å². The van der Waals surface area contributed by atoms with E-state index in [1.807, 2.05) is 13.1 Å². The van der Waals surface area contributed by atoms with Crippen LogP contribution in [0.5, 0.6) is 0 Å². The maximum Gasteiger partial charge on any atom is 0.132 e. The van der Waals surface area contributed by atoms with Crippen molar-refractivity contribution in [2.75, 3.05) is 12.4 Å². The third-order valence-electron chi connectivity index (χ3n) is 2.87. The smallest absolute Gasteiger partial charge is 0.132 e. The lowest BCUT2D eigenvalue weighted by atomic mass is 10.0. The van der Waals surface area contributed by atoms with Crippen LogP contribution in [0, 0.1) is 0 Å². The first-order valence-electron chi connectivity index (χ1n) is 6.14. The number of aromatic nitrogens is 2. The van der Waals surface area contributed by atoms with Crippen LogP contribution in [0.1, 0.15) is 18.9 Å². The number of rotatable bonds is 4. The van der Waals surface area contributed by atoms with Gasteiger partial charge in [-0.2, -0.15) is 0 Å². The molecule has 0 unspecified atom stereocenters. The number of benzene rings is 1. The molecule has 1 N–H and O–H groups in total. The van der Waals surface area contributed by atoms with E-state index in [0.29, 0.717) is 10.0 Å². The van der Waals surface area contributed by atoms with Crippen molar-refractivity contribution in [2.24, 2.45) is 0 Å². The second-order valence-corrected chi connectivity index (χ2v) is 5.02. The molecular formula is C14H15Cl2N3. The van der Waals surface area contributed by atoms with Crippen LogP contribution in [0.2, 0.25) is 10.0 Å². The minimum Gasteiger partial charge on any atom is -0.373 e. The fourth-order valence-corrected chi connectivity index (χ4v) is 2.40. The third kappa shape index (κ3) is 2.99. The fourth-order valence-electron chi connectivity index (χ4n) is 2.03. The van der Waals surface area contributed by atoms with Gasteiger partial charge in [-0.25, -0.2) is 9.97 Å². The number of hydrogen-bond acceptors (Lipinski definition) is 3. The van der Waals surface area contributed by atoms with E-state index < -0.39 is 0 Å². The van der Waals surface area contributed by atoms with Crippen LogP contribution in [-0.4, -0.2) is 17.0 Å². The van der Waals surface area contributed by atoms with E-state index in [1.165, 1.54) is 6.33 Å². The van der Waals surface area contributed by atoms with Crippen LogP contribution in [0.4, 0.5) is 5.82 Å². The highest BCUT2D eigenvalue weighted by Gasteiger charge is 2.14. The van der Waals surface area contributed by atoms with Crippen LogP contribution in [0.3, 0.4) is 0 Å². The highest BCUT2D eigenvalue weighted by Crippen LogP contribution is 2.33. The predicted molar refractivity (Wildman–Crippen MR) is 81.0 cm³/mol. The number of anilines is 1. The van der Waals surface area contributed by atoms with E-state index in [0.717, 1.165) is 35.5 Å². The zero-order valence-corrected chi connectivity index (χ0v) is 12.4. The lowest BCUT2D eigenvalue weighted by Crippen LogP contribution is -2.03. The third-order valence-corrected chi connectivity index (χ3v) is 3.43. The van der Waals surface area contributed by atoms with Gasteiger partial charge in [0, 0.05) is 23.2 Å². The minimum absolute atomic E-state index is 0.641. The van der Waals surface area contributed by atoms with Gasteiger partial charge in [-0.15, -0.1) is 0 Å². The first kappa shape index (κ1) is 14.1. The molecule has 0 spiro atoms. The SMILES string of the molecule is CCCc1c(NC)ncnc1-c1cc(Cl)ccc1Cl. The van der Waals surface area contributed by atoms with Gasteiger partial charge in [-0.3, -0.25) is 0 Å². The zero-order chi connectivity index (χ0) is 13.8. The van der Waals surface area contributed by atoms with Gasteiger partial charge in [0.05, 0.1) is 10.7 Å². The minimum atomic E-state index is 0.641. The zero-order valence-electron chi connectivity index (χ0n) is 10.9. The van der Waals surface area contributed by atoms with Crippen LogP contribution in [-0.2, 0) is 6.42 Å². The van der Waals surface area contributed by atoms with Gasteiger partial charge >= 0.3 is 0 Å². The maximum atomic E-state index is 6.26. The van der Waals surface area contributed by atoms with Gasteiger partial charge in [-0.1, -0.05) is 36.5 Å². The Kier molecular flexibility index (Phi) is 4.61. The molecule has 0 saturated heterocycles. The second kappa shape index (κ2) is 6.22. The molecular weight excluding hydrogens is 281 g/mol. The molecule has 0 fully saturated rings. The van der Waals surface area contributed by atoms with Crippen molar-refractivity contribution in [1.29, 1.82) is 0 Å². The summed E-state index contributed by atoms with van der Waals surface area (Å²) in [7, 11) is 1.85. The van der Waals surface area contributed by atoms with Gasteiger partial charge in [0.15, 0.2) is 0 Å². The molecule has 0 amide bonds. The van der Waals surface area contributed by atoms with Crippen LogP contribution in [0.25, 0.3) is 11.3 Å². The summed E-state index contributed by atoms with van der Waals surface area (Å²) in [6, 6.07) is 5.40. The highest BCUT2D eigenvalue weighted by atomic mass is 35.5. The topological polar surface area (TPSA) is 37.8 Å². The van der Waals surface area contributed by atoms with Crippen molar-refractivity contribution >= 4 is 29.0 Å². The van der Waals surface area contributed by atoms with E-state index in [1.54, 1.807) is 12.1 Å². The van der Waals surface area contributed by atoms with Gasteiger partial charge in [0.1, 0.15) is 12.1 Å². The summed E-state index contributed by atoms with van der Waals surface area (Å²) in [5.41, 5.74) is 2.75. The molecule has 0 saturated carbocycles. The molecule has 0 aliphatic carbocycles. The Morgan fingerprint density at radius 1 is 1.21 bits per heavy atom. The first-order valence-corrected chi connectivity index (χ1v) is 6.90. The molecule has 0 bridgehead atoms. The van der Waals surface area contributed by atoms with Gasteiger partial charge in [-0.05, 0) is 24.6 Å². The van der Waals surface area contributed by atoms with Crippen molar-refractivity contribution in [3.8, 4) is 11.3 Å². The maximum absolute atomic E-state index is 6.26. The second-order valence-electron chi connectivity index (χ2n) is 4.17. The number of hydrogen-bond donors (Lipinski definition) is 1. The number of halogens is 2. The quantitative estimate of drug-likeness (QED) is 0.906. The Bertz CT molecular complexity index is 585. The fraction of sp³-hybridized carbons (Fsp3) is 0.286. The lowest BCUT2D eigenvalue weighted by molar-refractivity contribution is 0.906. The van der Waals surface area contributed by atoms with E-state index in [2.05, 4.69) is 22.2 Å². The number of nitrogens with zero attached hydrogens (tertiary/aromatic N) is 2. The number of nitrogens with one attached hydrogen (secondary N) is 1. The van der Waals surface area contributed by atoms with Crippen molar-refractivity contribution in [3.63, 3.8) is 0 Å². The monoisotopic (exact) mass is 295 g/mol. The molecule has 3 nitrogen and oxygen atoms in total. The summed E-state index contributed by atoms with van der Waals surface area (Å²) in [6.45, 7) is 2.12. The normalized spacial score (nSPS) is 10.5. The molecule has 0 radical (unpaired) electrons. The highest BCUT2D eigenvalue weighted by molar-refractivity contribution is 6.35. The molecule has 0 aliphatic rings. The lowest BCUT2D eigenvalue weighted by Gasteiger charge is -2.13. The molecule has 0 aliphatic heterocycles. The Morgan fingerprint density at radius 2 is 2.00 bits per heavy atom. The summed E-state index contributed by atoms with van der Waals surface area (Å²) >= 11 is 12.3.